The normalized spacial score (nSPS) is 18.2. The molecule has 2 aliphatic carbocycles. The Labute approximate surface area is 461 Å². The molecule has 2 atom stereocenters. The Hall–Kier alpha value is -5.65. The fourth-order valence-corrected chi connectivity index (χ4v) is 10.8. The molecule has 4 aliphatic heterocycles. The molecule has 0 aromatic heterocycles. The molecule has 0 saturated heterocycles. The van der Waals surface area contributed by atoms with E-state index in [0.717, 1.165) is 84.0 Å². The van der Waals surface area contributed by atoms with Crippen molar-refractivity contribution in [3.05, 3.63) is 149 Å². The molecule has 410 valence electrons. The molecule has 5 aromatic rings. The van der Waals surface area contributed by atoms with Crippen LogP contribution in [0.5, 0.6) is 23.0 Å². The average molecular weight is 1130 g/mol. The van der Waals surface area contributed by atoms with Crippen LogP contribution in [0.1, 0.15) is 119 Å². The minimum atomic E-state index is -0.548. The van der Waals surface area contributed by atoms with Crippen molar-refractivity contribution in [2.45, 2.75) is 135 Å². The molecule has 2 N–H and O–H groups in total. The number of fused-ring (bicyclic) bond motifs is 4. The minimum Gasteiger partial charge on any atom is -0.454 e. The monoisotopic (exact) mass is 1130 g/mol. The Morgan fingerprint density at radius 3 is 1.78 bits per heavy atom. The fraction of sp³-hybridized carbons (Fsp3) is 0.452. The number of nitrogens with one attached hydrogen (secondary N) is 1. The number of anilines is 2. The van der Waals surface area contributed by atoms with Gasteiger partial charge in [-0.2, -0.15) is 0 Å². The predicted octanol–water partition coefficient (Wildman–Crippen LogP) is 11.6. The van der Waals surface area contributed by atoms with Crippen molar-refractivity contribution in [2.75, 3.05) is 43.6 Å². The van der Waals surface area contributed by atoms with Crippen LogP contribution in [0, 0.1) is 29.9 Å². The van der Waals surface area contributed by atoms with E-state index in [1.54, 1.807) is 12.1 Å². The molecule has 76 heavy (non-hydrogen) atoms. The smallest absolute Gasteiger partial charge is 0.231 e. The summed E-state index contributed by atoms with van der Waals surface area (Å²) < 4.78 is 57.0. The molecule has 0 radical (unpaired) electrons. The molecule has 11 nitrogen and oxygen atoms in total. The van der Waals surface area contributed by atoms with Gasteiger partial charge in [-0.1, -0.05) is 96.1 Å². The topological polar surface area (TPSA) is 133 Å². The average Bonchev–Trinajstić information content (AvgIpc) is 4.16. The van der Waals surface area contributed by atoms with Gasteiger partial charge in [-0.05, 0) is 131 Å². The molecule has 2 saturated carbocycles. The van der Waals surface area contributed by atoms with E-state index in [1.807, 2.05) is 78.9 Å². The molecule has 0 amide bonds. The summed E-state index contributed by atoms with van der Waals surface area (Å²) in [5.74, 6) is 2.27. The second kappa shape index (κ2) is 23.9. The van der Waals surface area contributed by atoms with Crippen LogP contribution in [0.3, 0.4) is 0 Å². The van der Waals surface area contributed by atoms with E-state index < -0.39 is 10.8 Å². The van der Waals surface area contributed by atoms with E-state index in [4.69, 9.17) is 23.7 Å². The second-order valence-corrected chi connectivity index (χ2v) is 22.8. The summed E-state index contributed by atoms with van der Waals surface area (Å²) in [4.78, 5) is 38.8. The number of halogens is 2. The van der Waals surface area contributed by atoms with Crippen molar-refractivity contribution in [3.63, 3.8) is 0 Å². The number of aldehydes is 1. The second-order valence-electron chi connectivity index (χ2n) is 22.8. The zero-order valence-corrected chi connectivity index (χ0v) is 46.5. The Kier molecular flexibility index (Phi) is 18.3. The third-order valence-electron chi connectivity index (χ3n) is 15.6. The van der Waals surface area contributed by atoms with Gasteiger partial charge >= 0.3 is 0 Å². The van der Waals surface area contributed by atoms with Gasteiger partial charge in [-0.3, -0.25) is 9.59 Å². The van der Waals surface area contributed by atoms with E-state index in [0.29, 0.717) is 66.7 Å². The fourth-order valence-electron chi connectivity index (χ4n) is 10.8. The van der Waals surface area contributed by atoms with Gasteiger partial charge in [0, 0.05) is 76.3 Å². The van der Waals surface area contributed by atoms with E-state index in [1.165, 1.54) is 0 Å². The maximum absolute atomic E-state index is 15.3. The first-order chi connectivity index (χ1) is 35.4. The minimum absolute atomic E-state index is 0. The quantitative estimate of drug-likeness (QED) is 0.0423. The summed E-state index contributed by atoms with van der Waals surface area (Å²) in [6, 6.07) is 28.8. The summed E-state index contributed by atoms with van der Waals surface area (Å²) in [6.45, 7) is 15.4. The summed E-state index contributed by atoms with van der Waals surface area (Å²) in [5.41, 5.74) is 6.97. The molecule has 2 fully saturated rings. The first kappa shape index (κ1) is 58.0. The number of rotatable bonds is 16. The molecular formula is C62H73F2N2O9Pd-. The Bertz CT molecular complexity index is 2870. The van der Waals surface area contributed by atoms with Crippen molar-refractivity contribution in [2.24, 2.45) is 10.8 Å². The third-order valence-corrected chi connectivity index (χ3v) is 15.6. The van der Waals surface area contributed by atoms with Gasteiger partial charge < -0.3 is 51.2 Å². The summed E-state index contributed by atoms with van der Waals surface area (Å²) in [7, 11) is 0. The molecule has 5 aromatic carbocycles. The van der Waals surface area contributed by atoms with Crippen molar-refractivity contribution in [1.82, 2.24) is 0 Å². The van der Waals surface area contributed by atoms with Gasteiger partial charge in [0.25, 0.3) is 0 Å². The van der Waals surface area contributed by atoms with Gasteiger partial charge in [0.2, 0.25) is 13.6 Å². The maximum Gasteiger partial charge on any atom is 0.231 e. The number of benzene rings is 5. The molecule has 4 heterocycles. The molecular weight excluding hydrogens is 1060 g/mol. The molecule has 0 bridgehead atoms. The Morgan fingerprint density at radius 1 is 0.724 bits per heavy atom. The van der Waals surface area contributed by atoms with Crippen LogP contribution in [0.15, 0.2) is 91.0 Å². The van der Waals surface area contributed by atoms with E-state index in [2.05, 4.69) is 51.8 Å². The Balaban J connectivity index is 0.000000179. The standard InChI is InChI=1S/C27H32FNO4.C24H26FNO3.C10H12O2.CH3.Pd/c1-26(2,3)24-12-18-11-17(20(28)15-21(18)29(24)9-4-10-30)13-25(31)27(7-8-27)19-5-6-22-23(14-19)33-16-32-22;1-23(2,3)21-9-15-8-14(17(25)12-18(15)26-21)10-22(27)24(6-7-24)16-4-5-19-20(11-16)29-13-28-19;11-7-4-8-12-9-10-5-2-1-3-6-10;;/h5-6,11,14-15,24,30H,4,7-10,12-13,16H2,1-3H3;4-5,8,11-12,21,26H,6-7,9-10,13H2,1-3H3;1-3,5-7H,4,8-9H2;1H3;/q;;;-1;. The van der Waals surface area contributed by atoms with Gasteiger partial charge in [0.1, 0.15) is 29.5 Å². The predicted molar refractivity (Wildman–Crippen MR) is 287 cm³/mol. The number of carbonyl (C=O) groups is 3. The third kappa shape index (κ3) is 12.7. The number of hydrogen-bond acceptors (Lipinski definition) is 11. The molecule has 6 aliphatic rings. The largest absolute Gasteiger partial charge is 0.454 e. The van der Waals surface area contributed by atoms with Crippen LogP contribution in [-0.2, 0) is 82.7 Å². The van der Waals surface area contributed by atoms with E-state index in [9.17, 15) is 23.9 Å². The van der Waals surface area contributed by atoms with Crippen LogP contribution in [-0.4, -0.2) is 68.4 Å². The van der Waals surface area contributed by atoms with Crippen LogP contribution < -0.4 is 29.2 Å². The van der Waals surface area contributed by atoms with Gasteiger partial charge in [0.15, 0.2) is 23.0 Å². The van der Waals surface area contributed by atoms with Crippen LogP contribution in [0.25, 0.3) is 0 Å². The number of aliphatic hydroxyl groups excluding tert-OH is 1. The van der Waals surface area contributed by atoms with Crippen LogP contribution in [0.4, 0.5) is 20.2 Å². The number of hydrogen-bond donors (Lipinski definition) is 2. The number of Topliss-reactive ketones (excluding diaryl/α,β-unsaturated/α-hetero) is 2. The molecule has 2 unspecified atom stereocenters. The molecule has 11 rings (SSSR count). The van der Waals surface area contributed by atoms with Gasteiger partial charge in [-0.25, -0.2) is 8.78 Å². The zero-order chi connectivity index (χ0) is 52.4. The summed E-state index contributed by atoms with van der Waals surface area (Å²) >= 11 is 0. The molecule has 0 spiro atoms. The number of carbonyl (C=O) groups excluding carboxylic acids is 3. The van der Waals surface area contributed by atoms with Crippen molar-refractivity contribution >= 4 is 29.2 Å². The van der Waals surface area contributed by atoms with E-state index >= 15 is 4.39 Å². The number of ketones is 2. The van der Waals surface area contributed by atoms with Crippen molar-refractivity contribution < 1.29 is 72.4 Å². The van der Waals surface area contributed by atoms with Crippen LogP contribution >= 0.6 is 0 Å². The van der Waals surface area contributed by atoms with Gasteiger partial charge in [0.05, 0.1) is 24.0 Å². The number of nitrogens with zero attached hydrogens (tertiary/aromatic N) is 1. The van der Waals surface area contributed by atoms with Crippen molar-refractivity contribution in [3.8, 4) is 23.0 Å². The van der Waals surface area contributed by atoms with E-state index in [-0.39, 0.29) is 107 Å². The summed E-state index contributed by atoms with van der Waals surface area (Å²) in [6.07, 6.45) is 7.02. The van der Waals surface area contributed by atoms with Crippen LogP contribution in [0.2, 0.25) is 0 Å². The SMILES string of the molecule is CC(C)(C)C1Cc2cc(CC(=O)C3(c4ccc5c(c4)OCO5)CC3)c(F)cc2N1.CC(C)(C)C1Cc2cc(CC(=O)C3(c4ccc5c(c4)OCO5)CC3)c(F)cc2N1CCCO.O=CCCOCc1ccccc1.[CH3-].[Pd]. The van der Waals surface area contributed by atoms with Gasteiger partial charge in [-0.15, -0.1) is 0 Å². The first-order valence-corrected chi connectivity index (χ1v) is 26.1. The number of aliphatic hydroxyl groups is 1. The summed E-state index contributed by atoms with van der Waals surface area (Å²) in [5, 5.41) is 12.8. The molecule has 14 heteroatoms. The van der Waals surface area contributed by atoms with Crippen molar-refractivity contribution in [1.29, 1.82) is 0 Å². The zero-order valence-electron chi connectivity index (χ0n) is 44.9. The Morgan fingerprint density at radius 2 is 1.26 bits per heavy atom. The maximum atomic E-state index is 15.3. The first-order valence-electron chi connectivity index (χ1n) is 26.1. The number of ether oxygens (including phenoxy) is 5.